The Hall–Kier alpha value is -1.09. The molecule has 1 N–H and O–H groups in total. The molecule has 3 nitrogen and oxygen atoms in total. The van der Waals surface area contributed by atoms with Gasteiger partial charge < -0.3 is 10.2 Å². The van der Waals surface area contributed by atoms with E-state index in [1.54, 1.807) is 0 Å². The summed E-state index contributed by atoms with van der Waals surface area (Å²) in [6.07, 6.45) is 7.22. The molecule has 0 amide bonds. The summed E-state index contributed by atoms with van der Waals surface area (Å²) in [6.45, 7) is 3.50. The average Bonchev–Trinajstić information content (AvgIpc) is 3.03. The van der Waals surface area contributed by atoms with Crippen molar-refractivity contribution in [3.05, 3.63) is 23.9 Å². The highest BCUT2D eigenvalue weighted by molar-refractivity contribution is 5.40. The van der Waals surface area contributed by atoms with E-state index >= 15 is 0 Å². The molecule has 3 rings (SSSR count). The Morgan fingerprint density at radius 2 is 2.06 bits per heavy atom. The Morgan fingerprint density at radius 3 is 2.69 bits per heavy atom. The van der Waals surface area contributed by atoms with Crippen molar-refractivity contribution in [3.8, 4) is 0 Å². The number of pyridine rings is 1. The molecule has 0 bridgehead atoms. The normalized spacial score (nSPS) is 25.2. The number of hydrogen-bond donors (Lipinski definition) is 1. The minimum Gasteiger partial charge on any atom is -0.357 e. The van der Waals surface area contributed by atoms with E-state index in [9.17, 15) is 0 Å². The molecule has 1 aromatic heterocycles. The first-order valence-electron chi connectivity index (χ1n) is 6.38. The zero-order chi connectivity index (χ0) is 10.8. The van der Waals surface area contributed by atoms with Crippen LogP contribution in [0.1, 0.15) is 37.3 Å². The fourth-order valence-electron chi connectivity index (χ4n) is 2.71. The van der Waals surface area contributed by atoms with Crippen LogP contribution in [0.2, 0.25) is 0 Å². The van der Waals surface area contributed by atoms with Crippen molar-refractivity contribution < 1.29 is 0 Å². The third kappa shape index (κ3) is 1.92. The van der Waals surface area contributed by atoms with Gasteiger partial charge in [-0.25, -0.2) is 4.98 Å². The predicted octanol–water partition coefficient (Wildman–Crippen LogP) is 2.11. The highest BCUT2D eigenvalue weighted by Gasteiger charge is 2.17. The molecular formula is C13H19N3. The number of nitrogens with one attached hydrogen (secondary N) is 1. The van der Waals surface area contributed by atoms with E-state index in [4.69, 9.17) is 0 Å². The van der Waals surface area contributed by atoms with Gasteiger partial charge in [0, 0.05) is 25.3 Å². The first kappa shape index (κ1) is 10.1. The summed E-state index contributed by atoms with van der Waals surface area (Å²) in [5.74, 6) is 1.15. The number of aromatic nitrogens is 1. The monoisotopic (exact) mass is 217 g/mol. The maximum atomic E-state index is 4.59. The molecule has 0 spiro atoms. The molecule has 16 heavy (non-hydrogen) atoms. The van der Waals surface area contributed by atoms with Gasteiger partial charge in [-0.2, -0.15) is 0 Å². The molecule has 0 aliphatic carbocycles. The molecule has 0 aromatic carbocycles. The Bertz CT molecular complexity index is 300. The number of anilines is 1. The van der Waals surface area contributed by atoms with Crippen LogP contribution in [0.25, 0.3) is 0 Å². The summed E-state index contributed by atoms with van der Waals surface area (Å²) in [7, 11) is 0. The molecule has 3 heterocycles. The fourth-order valence-corrected chi connectivity index (χ4v) is 2.71. The number of nitrogens with zero attached hydrogens (tertiary/aromatic N) is 2. The summed E-state index contributed by atoms with van der Waals surface area (Å²) >= 11 is 0. The molecule has 3 heteroatoms. The van der Waals surface area contributed by atoms with Gasteiger partial charge in [-0.1, -0.05) is 6.07 Å². The van der Waals surface area contributed by atoms with Crippen LogP contribution in [0.4, 0.5) is 5.82 Å². The Morgan fingerprint density at radius 1 is 1.19 bits per heavy atom. The maximum Gasteiger partial charge on any atom is 0.128 e. The highest BCUT2D eigenvalue weighted by atomic mass is 15.2. The van der Waals surface area contributed by atoms with Gasteiger partial charge in [0.1, 0.15) is 5.82 Å². The van der Waals surface area contributed by atoms with Crippen LogP contribution in [0.5, 0.6) is 0 Å². The molecule has 1 aromatic rings. The molecule has 2 saturated heterocycles. The molecule has 2 aliphatic heterocycles. The lowest BCUT2D eigenvalue weighted by molar-refractivity contribution is 0.645. The van der Waals surface area contributed by atoms with Crippen LogP contribution in [-0.2, 0) is 0 Å². The van der Waals surface area contributed by atoms with Crippen molar-refractivity contribution in [1.82, 2.24) is 10.3 Å². The molecule has 0 saturated carbocycles. The van der Waals surface area contributed by atoms with Gasteiger partial charge in [-0.3, -0.25) is 0 Å². The van der Waals surface area contributed by atoms with Crippen molar-refractivity contribution in [3.63, 3.8) is 0 Å². The van der Waals surface area contributed by atoms with E-state index in [1.165, 1.54) is 44.3 Å². The first-order chi connectivity index (χ1) is 7.93. The lowest BCUT2D eigenvalue weighted by atomic mass is 10.1. The van der Waals surface area contributed by atoms with Crippen molar-refractivity contribution >= 4 is 5.82 Å². The summed E-state index contributed by atoms with van der Waals surface area (Å²) in [6, 6.07) is 4.96. The Balaban J connectivity index is 1.73. The van der Waals surface area contributed by atoms with Crippen molar-refractivity contribution in [2.45, 2.75) is 31.7 Å². The minimum atomic E-state index is 0.542. The highest BCUT2D eigenvalue weighted by Crippen LogP contribution is 2.24. The Labute approximate surface area is 96.9 Å². The van der Waals surface area contributed by atoms with Crippen LogP contribution in [-0.4, -0.2) is 24.6 Å². The van der Waals surface area contributed by atoms with Crippen LogP contribution in [0.3, 0.4) is 0 Å². The first-order valence-corrected chi connectivity index (χ1v) is 6.38. The van der Waals surface area contributed by atoms with Crippen LogP contribution < -0.4 is 10.2 Å². The Kier molecular flexibility index (Phi) is 2.79. The van der Waals surface area contributed by atoms with E-state index < -0.39 is 0 Å². The summed E-state index contributed by atoms with van der Waals surface area (Å²) in [4.78, 5) is 6.97. The minimum absolute atomic E-state index is 0.542. The second kappa shape index (κ2) is 4.42. The standard InChI is InChI=1S/C13H19N3/c1-2-9-16(8-1)13-6-5-11(10-15-13)12-4-3-7-14-12/h5-6,10,12,14H,1-4,7-9H2/t12-/m1/s1. The summed E-state index contributed by atoms with van der Waals surface area (Å²) in [5.41, 5.74) is 1.35. The van der Waals surface area contributed by atoms with E-state index in [-0.39, 0.29) is 0 Å². The summed E-state index contributed by atoms with van der Waals surface area (Å²) < 4.78 is 0. The maximum absolute atomic E-state index is 4.59. The molecule has 2 aliphatic rings. The van der Waals surface area contributed by atoms with Crippen molar-refractivity contribution in [2.75, 3.05) is 24.5 Å². The smallest absolute Gasteiger partial charge is 0.128 e. The molecule has 0 unspecified atom stereocenters. The number of rotatable bonds is 2. The zero-order valence-corrected chi connectivity index (χ0v) is 9.65. The van der Waals surface area contributed by atoms with E-state index in [0.29, 0.717) is 6.04 Å². The molecule has 86 valence electrons. The predicted molar refractivity (Wildman–Crippen MR) is 65.7 cm³/mol. The van der Waals surface area contributed by atoms with Crippen molar-refractivity contribution in [2.24, 2.45) is 0 Å². The fraction of sp³-hybridized carbons (Fsp3) is 0.615. The molecule has 2 fully saturated rings. The van der Waals surface area contributed by atoms with Gasteiger partial charge in [0.05, 0.1) is 0 Å². The third-order valence-electron chi connectivity index (χ3n) is 3.66. The zero-order valence-electron chi connectivity index (χ0n) is 9.65. The second-order valence-electron chi connectivity index (χ2n) is 4.79. The number of hydrogen-bond acceptors (Lipinski definition) is 3. The quantitative estimate of drug-likeness (QED) is 0.822. The van der Waals surface area contributed by atoms with Gasteiger partial charge >= 0.3 is 0 Å². The van der Waals surface area contributed by atoms with Gasteiger partial charge in [0.15, 0.2) is 0 Å². The largest absolute Gasteiger partial charge is 0.357 e. The average molecular weight is 217 g/mol. The van der Waals surface area contributed by atoms with E-state index in [0.717, 1.165) is 12.4 Å². The molecule has 1 atom stereocenters. The van der Waals surface area contributed by atoms with E-state index in [2.05, 4.69) is 33.5 Å². The van der Waals surface area contributed by atoms with Gasteiger partial charge in [0.25, 0.3) is 0 Å². The van der Waals surface area contributed by atoms with E-state index in [1.807, 2.05) is 0 Å². The molecular weight excluding hydrogens is 198 g/mol. The van der Waals surface area contributed by atoms with Crippen LogP contribution in [0, 0.1) is 0 Å². The molecule has 0 radical (unpaired) electrons. The van der Waals surface area contributed by atoms with Gasteiger partial charge in [-0.05, 0) is 43.9 Å². The summed E-state index contributed by atoms with van der Waals surface area (Å²) in [5, 5.41) is 3.51. The second-order valence-corrected chi connectivity index (χ2v) is 4.79. The third-order valence-corrected chi connectivity index (χ3v) is 3.66. The van der Waals surface area contributed by atoms with Crippen LogP contribution in [0.15, 0.2) is 18.3 Å². The van der Waals surface area contributed by atoms with Gasteiger partial charge in [-0.15, -0.1) is 0 Å². The lowest BCUT2D eigenvalue weighted by Crippen LogP contribution is -2.19. The van der Waals surface area contributed by atoms with Crippen molar-refractivity contribution in [1.29, 1.82) is 0 Å². The van der Waals surface area contributed by atoms with Gasteiger partial charge in [0.2, 0.25) is 0 Å². The topological polar surface area (TPSA) is 28.2 Å². The van der Waals surface area contributed by atoms with Crippen LogP contribution >= 0.6 is 0 Å². The lowest BCUT2D eigenvalue weighted by Gasteiger charge is -2.17. The SMILES string of the molecule is c1cc(N2CCCC2)ncc1[C@H]1CCCN1.